The molecule has 5 nitrogen and oxygen atoms in total. The van der Waals surface area contributed by atoms with Crippen LogP contribution in [0.5, 0.6) is 0 Å². The lowest BCUT2D eigenvalue weighted by atomic mass is 10.0. The third-order valence-electron chi connectivity index (χ3n) is 5.45. The summed E-state index contributed by atoms with van der Waals surface area (Å²) in [5, 5.41) is 8.48. The maximum absolute atomic E-state index is 13.2. The fourth-order valence-electron chi connectivity index (χ4n) is 3.77. The van der Waals surface area contributed by atoms with Crippen molar-refractivity contribution in [2.24, 2.45) is 5.10 Å². The molecule has 1 atom stereocenters. The smallest absolute Gasteiger partial charge is 0.253 e. The summed E-state index contributed by atoms with van der Waals surface area (Å²) in [4.78, 5) is 18.6. The molecule has 0 aliphatic carbocycles. The Labute approximate surface area is 191 Å². The van der Waals surface area contributed by atoms with Crippen LogP contribution >= 0.6 is 35.3 Å². The summed E-state index contributed by atoms with van der Waals surface area (Å²) in [6.45, 7) is 2.01. The number of amides is 1. The summed E-state index contributed by atoms with van der Waals surface area (Å²) in [6.07, 6.45) is 3.09. The Morgan fingerprint density at radius 2 is 1.97 bits per heavy atom. The predicted molar refractivity (Wildman–Crippen MR) is 132 cm³/mol. The number of likely N-dealkylation sites (tertiary alicyclic amines) is 1. The van der Waals surface area contributed by atoms with Gasteiger partial charge in [-0.25, -0.2) is 5.01 Å². The molecule has 4 rings (SSSR count). The minimum Gasteiger partial charge on any atom is -0.378 e. The quantitative estimate of drug-likeness (QED) is 0.612. The van der Waals surface area contributed by atoms with Gasteiger partial charge in [-0.1, -0.05) is 42.2 Å². The average molecular weight is 459 g/mol. The van der Waals surface area contributed by atoms with E-state index in [0.29, 0.717) is 5.75 Å². The van der Waals surface area contributed by atoms with Crippen LogP contribution in [0.25, 0.3) is 0 Å². The molecule has 2 aromatic rings. The van der Waals surface area contributed by atoms with Crippen molar-refractivity contribution in [1.29, 1.82) is 0 Å². The minimum absolute atomic E-state index is 0.00906. The van der Waals surface area contributed by atoms with Crippen molar-refractivity contribution >= 4 is 56.9 Å². The van der Waals surface area contributed by atoms with Gasteiger partial charge in [-0.2, -0.15) is 5.10 Å². The molecule has 0 N–H and O–H groups in total. The summed E-state index contributed by atoms with van der Waals surface area (Å²) in [5.74, 6) is 0.331. The van der Waals surface area contributed by atoms with Crippen LogP contribution in [-0.4, -0.2) is 58.8 Å². The Hall–Kier alpha value is -1.90. The number of nitrogens with zero attached hydrogens (tertiary/aromatic N) is 4. The Morgan fingerprint density at radius 1 is 1.23 bits per heavy atom. The molecule has 0 radical (unpaired) electrons. The van der Waals surface area contributed by atoms with E-state index in [1.165, 1.54) is 24.6 Å². The number of thiocarbonyl (C=S) groups is 1. The Kier molecular flexibility index (Phi) is 6.75. The second kappa shape index (κ2) is 9.49. The molecule has 8 heteroatoms. The second-order valence-corrected chi connectivity index (χ2v) is 10.3. The minimum atomic E-state index is -0.0771. The van der Waals surface area contributed by atoms with Gasteiger partial charge in [-0.3, -0.25) is 4.79 Å². The topological polar surface area (TPSA) is 39.1 Å². The van der Waals surface area contributed by atoms with E-state index in [2.05, 4.69) is 40.1 Å². The molecule has 0 saturated carbocycles. The van der Waals surface area contributed by atoms with E-state index in [1.807, 2.05) is 25.5 Å². The standard InChI is InChI=1S/C22H26N4OS3/c1-24(2)17-9-7-16(8-10-17)19-14-18(20-6-5-13-29-20)23-26(19)21(27)15-30-22(28)25-11-3-4-12-25/h5-10,13,19H,3-4,11-12,14-15H2,1-2H3/t19-/m0/s1. The number of hydrogen-bond acceptors (Lipinski definition) is 6. The van der Waals surface area contributed by atoms with E-state index in [9.17, 15) is 4.79 Å². The summed E-state index contributed by atoms with van der Waals surface area (Å²) in [6, 6.07) is 12.4. The van der Waals surface area contributed by atoms with Gasteiger partial charge in [0.05, 0.1) is 22.4 Å². The van der Waals surface area contributed by atoms with Crippen molar-refractivity contribution in [3.63, 3.8) is 0 Å². The largest absolute Gasteiger partial charge is 0.378 e. The maximum Gasteiger partial charge on any atom is 0.253 e. The summed E-state index contributed by atoms with van der Waals surface area (Å²) < 4.78 is 0.828. The van der Waals surface area contributed by atoms with Crippen molar-refractivity contribution < 1.29 is 4.79 Å². The van der Waals surface area contributed by atoms with Crippen molar-refractivity contribution in [1.82, 2.24) is 9.91 Å². The SMILES string of the molecule is CN(C)c1ccc([C@@H]2CC(c3cccs3)=NN2C(=O)CSC(=S)N2CCCC2)cc1. The number of anilines is 1. The average Bonchev–Trinajstić information content (AvgIpc) is 3.52. The van der Waals surface area contributed by atoms with Crippen LogP contribution in [0.4, 0.5) is 5.69 Å². The van der Waals surface area contributed by atoms with Crippen LogP contribution < -0.4 is 4.90 Å². The molecule has 0 bridgehead atoms. The Bertz CT molecular complexity index is 918. The number of hydrazone groups is 1. The molecular weight excluding hydrogens is 432 g/mol. The van der Waals surface area contributed by atoms with Crippen LogP contribution in [0, 0.1) is 0 Å². The van der Waals surface area contributed by atoms with Gasteiger partial charge in [0.15, 0.2) is 0 Å². The Balaban J connectivity index is 1.51. The van der Waals surface area contributed by atoms with Crippen molar-refractivity contribution in [2.45, 2.75) is 25.3 Å². The lowest BCUT2D eigenvalue weighted by Gasteiger charge is -2.23. The number of hydrogen-bond donors (Lipinski definition) is 0. The van der Waals surface area contributed by atoms with E-state index in [4.69, 9.17) is 17.3 Å². The molecule has 0 spiro atoms. The predicted octanol–water partition coefficient (Wildman–Crippen LogP) is 4.61. The third-order valence-corrected chi connectivity index (χ3v) is 7.88. The van der Waals surface area contributed by atoms with E-state index >= 15 is 0 Å². The zero-order valence-electron chi connectivity index (χ0n) is 17.3. The van der Waals surface area contributed by atoms with Gasteiger partial charge in [-0.05, 0) is 42.0 Å². The van der Waals surface area contributed by atoms with E-state index in [-0.39, 0.29) is 11.9 Å². The first-order valence-electron chi connectivity index (χ1n) is 10.2. The molecule has 1 aromatic carbocycles. The van der Waals surface area contributed by atoms with E-state index < -0.39 is 0 Å². The fourth-order valence-corrected chi connectivity index (χ4v) is 5.59. The van der Waals surface area contributed by atoms with Crippen LogP contribution in [-0.2, 0) is 4.79 Å². The van der Waals surface area contributed by atoms with Crippen LogP contribution in [0.2, 0.25) is 0 Å². The molecule has 2 aliphatic rings. The number of thioether (sulfide) groups is 1. The van der Waals surface area contributed by atoms with E-state index in [1.54, 1.807) is 16.3 Å². The number of rotatable bonds is 5. The highest BCUT2D eigenvalue weighted by Crippen LogP contribution is 2.35. The Morgan fingerprint density at radius 3 is 2.60 bits per heavy atom. The van der Waals surface area contributed by atoms with Crippen LogP contribution in [0.1, 0.15) is 35.7 Å². The summed E-state index contributed by atoms with van der Waals surface area (Å²) >= 11 is 8.66. The highest BCUT2D eigenvalue weighted by atomic mass is 32.2. The number of carbonyl (C=O) groups is 1. The number of benzene rings is 1. The van der Waals surface area contributed by atoms with Crippen molar-refractivity contribution in [3.05, 3.63) is 52.2 Å². The van der Waals surface area contributed by atoms with Crippen molar-refractivity contribution in [2.75, 3.05) is 37.8 Å². The van der Waals surface area contributed by atoms with Gasteiger partial charge in [0.1, 0.15) is 4.32 Å². The normalized spacial score (nSPS) is 18.6. The van der Waals surface area contributed by atoms with Gasteiger partial charge in [0.25, 0.3) is 5.91 Å². The monoisotopic (exact) mass is 458 g/mol. The third kappa shape index (κ3) is 4.71. The van der Waals surface area contributed by atoms with Gasteiger partial charge in [0, 0.05) is 39.3 Å². The van der Waals surface area contributed by atoms with Crippen molar-refractivity contribution in [3.8, 4) is 0 Å². The zero-order valence-corrected chi connectivity index (χ0v) is 19.7. The molecule has 2 aliphatic heterocycles. The lowest BCUT2D eigenvalue weighted by molar-refractivity contribution is -0.130. The summed E-state index contributed by atoms with van der Waals surface area (Å²) in [5.41, 5.74) is 3.23. The number of carbonyl (C=O) groups excluding carboxylic acids is 1. The molecule has 1 saturated heterocycles. The van der Waals surface area contributed by atoms with Gasteiger partial charge >= 0.3 is 0 Å². The molecule has 1 amide bonds. The first kappa shape index (κ1) is 21.3. The summed E-state index contributed by atoms with van der Waals surface area (Å²) in [7, 11) is 4.05. The zero-order chi connectivity index (χ0) is 21.1. The molecule has 1 fully saturated rings. The van der Waals surface area contributed by atoms with E-state index in [0.717, 1.165) is 45.7 Å². The van der Waals surface area contributed by atoms with Crippen LogP contribution in [0.3, 0.4) is 0 Å². The van der Waals surface area contributed by atoms with Gasteiger partial charge in [-0.15, -0.1) is 11.3 Å². The molecular formula is C22H26N4OS3. The van der Waals surface area contributed by atoms with Crippen LogP contribution in [0.15, 0.2) is 46.9 Å². The highest BCUT2D eigenvalue weighted by Gasteiger charge is 2.33. The molecule has 30 heavy (non-hydrogen) atoms. The molecule has 1 aromatic heterocycles. The highest BCUT2D eigenvalue weighted by molar-refractivity contribution is 8.23. The second-order valence-electron chi connectivity index (χ2n) is 7.72. The van der Waals surface area contributed by atoms with Gasteiger partial charge < -0.3 is 9.80 Å². The first-order valence-corrected chi connectivity index (χ1v) is 12.4. The van der Waals surface area contributed by atoms with Gasteiger partial charge in [0.2, 0.25) is 0 Å². The number of thiophene rings is 1. The fraction of sp³-hybridized carbons (Fsp3) is 0.409. The first-order chi connectivity index (χ1) is 14.5. The maximum atomic E-state index is 13.2. The molecule has 158 valence electrons. The lowest BCUT2D eigenvalue weighted by Crippen LogP contribution is -2.30. The molecule has 3 heterocycles. The molecule has 0 unspecified atom stereocenters.